The quantitative estimate of drug-likeness (QED) is 0.493. The van der Waals surface area contributed by atoms with Gasteiger partial charge in [0, 0.05) is 19.3 Å². The molecule has 3 aromatic rings. The zero-order chi connectivity index (χ0) is 29.5. The van der Waals surface area contributed by atoms with Crippen LogP contribution in [0.3, 0.4) is 0 Å². The predicted octanol–water partition coefficient (Wildman–Crippen LogP) is 4.35. The number of nitrogens with two attached hydrogens (primary N) is 1. The molecular weight excluding hydrogens is 370 g/mol. The van der Waals surface area contributed by atoms with Crippen LogP contribution in [0.4, 0.5) is 10.8 Å². The number of hydrogen-bond acceptors (Lipinski definition) is 5. The standard InChI is InChI=1S/C22H25N3O2S/c23-22-25-19(15-28-22)14-21(27)24-18-12-10-16(11-13-18)6-4-5-9-20(26)17-7-2-1-3-8-17/h1-3,7-8,10-13,15,20,26H,4-6,9,14H2,(H2,23,25)(H,24,27)/t20-/m0/s1/i6D2,9D2,10D,11D,12D,13D,14D2,15D. The lowest BCUT2D eigenvalue weighted by Gasteiger charge is -2.10. The zero-order valence-electron chi connectivity index (χ0n) is 25.7. The molecule has 0 radical (unpaired) electrons. The van der Waals surface area contributed by atoms with Crippen molar-refractivity contribution < 1.29 is 25.0 Å². The van der Waals surface area contributed by atoms with Gasteiger partial charge in [-0.3, -0.25) is 4.79 Å². The molecule has 1 amide bonds. The van der Waals surface area contributed by atoms with E-state index >= 15 is 0 Å². The van der Waals surface area contributed by atoms with Gasteiger partial charge in [-0.25, -0.2) is 4.98 Å². The maximum absolute atomic E-state index is 12.7. The number of amides is 1. The molecule has 0 aliphatic heterocycles. The van der Waals surface area contributed by atoms with E-state index in [4.69, 9.17) is 20.8 Å². The van der Waals surface area contributed by atoms with Crippen molar-refractivity contribution in [2.24, 2.45) is 0 Å². The number of aliphatic hydroxyl groups excluding tert-OH is 1. The number of nitrogens with one attached hydrogen (secondary N) is 1. The summed E-state index contributed by atoms with van der Waals surface area (Å²) in [6, 6.07) is 4.55. The van der Waals surface area contributed by atoms with Crippen molar-refractivity contribution in [1.29, 1.82) is 0 Å². The molecule has 4 N–H and O–H groups in total. The van der Waals surface area contributed by atoms with Gasteiger partial charge in [-0.1, -0.05) is 48.8 Å². The number of nitrogens with zero attached hydrogens (tertiary/aromatic N) is 1. The SMILES string of the molecule is [2H]c1sc(N)nc1C([2H])([2H])C(=O)Nc1c([2H])c([2H])c(C([2H])([2H])CCC([2H])([2H])[C@H](O)c2ccccc2)c([2H])c1[2H]. The normalized spacial score (nSPS) is 19.1. The first-order valence-electron chi connectivity index (χ1n) is 13.8. The van der Waals surface area contributed by atoms with E-state index in [0.29, 0.717) is 11.3 Å². The van der Waals surface area contributed by atoms with Crippen molar-refractivity contribution in [2.75, 3.05) is 11.1 Å². The summed E-state index contributed by atoms with van der Waals surface area (Å²) in [5.41, 5.74) is 3.79. The van der Waals surface area contributed by atoms with E-state index in [-0.39, 0.29) is 10.7 Å². The summed E-state index contributed by atoms with van der Waals surface area (Å²) in [6.45, 7) is 0. The summed E-state index contributed by atoms with van der Waals surface area (Å²) in [4.78, 5) is 16.4. The van der Waals surface area contributed by atoms with Gasteiger partial charge in [0.05, 0.1) is 25.0 Å². The molecule has 2 aromatic carbocycles. The van der Waals surface area contributed by atoms with Gasteiger partial charge in [-0.2, -0.15) is 0 Å². The van der Waals surface area contributed by atoms with Crippen LogP contribution in [0.5, 0.6) is 0 Å². The molecule has 0 spiro atoms. The molecule has 0 bridgehead atoms. The van der Waals surface area contributed by atoms with Crippen LogP contribution >= 0.6 is 11.3 Å². The number of hydrogen-bond donors (Lipinski definition) is 3. The number of aromatic nitrogens is 1. The Morgan fingerprint density at radius 1 is 1.25 bits per heavy atom. The smallest absolute Gasteiger partial charge is 0.230 e. The fourth-order valence-electron chi connectivity index (χ4n) is 2.18. The van der Waals surface area contributed by atoms with Gasteiger partial charge in [0.15, 0.2) is 5.13 Å². The van der Waals surface area contributed by atoms with Gasteiger partial charge in [0.2, 0.25) is 5.91 Å². The Hall–Kier alpha value is -2.70. The monoisotopic (exact) mass is 406 g/mol. The van der Waals surface area contributed by atoms with E-state index in [1.807, 2.05) is 5.32 Å². The van der Waals surface area contributed by atoms with E-state index in [1.54, 1.807) is 18.2 Å². The summed E-state index contributed by atoms with van der Waals surface area (Å²) in [6.07, 6.45) is -10.5. The maximum atomic E-state index is 12.7. The fourth-order valence-corrected chi connectivity index (χ4v) is 2.61. The Balaban J connectivity index is 1.90. The fraction of sp³-hybridized carbons (Fsp3) is 0.273. The van der Waals surface area contributed by atoms with Gasteiger partial charge in [0.25, 0.3) is 0 Å². The summed E-state index contributed by atoms with van der Waals surface area (Å²) in [5, 5.41) is 11.9. The van der Waals surface area contributed by atoms with Crippen LogP contribution in [0, 0.1) is 0 Å². The van der Waals surface area contributed by atoms with Crippen molar-refractivity contribution in [1.82, 2.24) is 4.98 Å². The third kappa shape index (κ3) is 6.18. The minimum atomic E-state index is -2.91. The molecule has 0 unspecified atom stereocenters. The summed E-state index contributed by atoms with van der Waals surface area (Å²) < 4.78 is 90.4. The van der Waals surface area contributed by atoms with E-state index in [1.165, 1.54) is 12.1 Å². The Labute approximate surface area is 184 Å². The molecule has 1 atom stereocenters. The molecule has 3 rings (SSSR count). The summed E-state index contributed by atoms with van der Waals surface area (Å²) in [5.74, 6) is -1.43. The highest BCUT2D eigenvalue weighted by atomic mass is 32.1. The first-order valence-corrected chi connectivity index (χ1v) is 9.12. The molecule has 146 valence electrons. The van der Waals surface area contributed by atoms with E-state index < -0.39 is 90.4 Å². The highest BCUT2D eigenvalue weighted by molar-refractivity contribution is 7.13. The predicted molar refractivity (Wildman–Crippen MR) is 114 cm³/mol. The molecule has 5 nitrogen and oxygen atoms in total. The molecule has 1 aromatic heterocycles. The van der Waals surface area contributed by atoms with Crippen LogP contribution in [-0.4, -0.2) is 16.0 Å². The van der Waals surface area contributed by atoms with Crippen LogP contribution in [0.25, 0.3) is 0 Å². The van der Waals surface area contributed by atoms with Gasteiger partial charge in [-0.05, 0) is 42.4 Å². The maximum Gasteiger partial charge on any atom is 0.230 e. The highest BCUT2D eigenvalue weighted by Gasteiger charge is 2.08. The lowest BCUT2D eigenvalue weighted by molar-refractivity contribution is -0.115. The van der Waals surface area contributed by atoms with E-state index in [2.05, 4.69) is 4.98 Å². The molecule has 0 aliphatic carbocycles. The molecular formula is C22H25N3O2S. The second-order valence-electron chi connectivity index (χ2n) is 5.53. The van der Waals surface area contributed by atoms with Crippen LogP contribution in [-0.2, 0) is 17.5 Å². The van der Waals surface area contributed by atoms with Gasteiger partial charge in [0.1, 0.15) is 0 Å². The lowest BCUT2D eigenvalue weighted by Crippen LogP contribution is -2.14. The zero-order valence-corrected chi connectivity index (χ0v) is 15.5. The number of benzene rings is 2. The van der Waals surface area contributed by atoms with Crippen molar-refractivity contribution >= 4 is 28.1 Å². The molecule has 0 saturated heterocycles. The first kappa shape index (κ1) is 10.2. The summed E-state index contributed by atoms with van der Waals surface area (Å²) >= 11 is 0.637. The number of anilines is 2. The average Bonchev–Trinajstić information content (AvgIpc) is 3.22. The number of carbonyl (C=O) groups excluding carboxylic acids is 1. The highest BCUT2D eigenvalue weighted by Crippen LogP contribution is 2.20. The average molecular weight is 407 g/mol. The molecule has 6 heteroatoms. The van der Waals surface area contributed by atoms with Crippen molar-refractivity contribution in [3.8, 4) is 0 Å². The van der Waals surface area contributed by atoms with E-state index in [9.17, 15) is 9.90 Å². The molecule has 0 saturated carbocycles. The second-order valence-corrected chi connectivity index (χ2v) is 6.35. The number of nitrogen functional groups attached to an aromatic ring is 1. The van der Waals surface area contributed by atoms with Gasteiger partial charge >= 0.3 is 0 Å². The van der Waals surface area contributed by atoms with Crippen LogP contribution in [0.1, 0.15) is 57.2 Å². The Morgan fingerprint density at radius 2 is 2.00 bits per heavy atom. The topological polar surface area (TPSA) is 88.2 Å². The van der Waals surface area contributed by atoms with E-state index in [0.717, 1.165) is 0 Å². The lowest BCUT2D eigenvalue weighted by atomic mass is 10.0. The van der Waals surface area contributed by atoms with Gasteiger partial charge < -0.3 is 16.2 Å². The molecule has 0 fully saturated rings. The first-order chi connectivity index (χ1) is 17.9. The molecule has 0 aliphatic rings. The van der Waals surface area contributed by atoms with Crippen LogP contribution < -0.4 is 11.1 Å². The largest absolute Gasteiger partial charge is 0.388 e. The summed E-state index contributed by atoms with van der Waals surface area (Å²) in [7, 11) is 0. The number of rotatable bonds is 9. The van der Waals surface area contributed by atoms with Crippen molar-refractivity contribution in [3.05, 3.63) is 76.7 Å². The number of thiazole rings is 1. The third-order valence-electron chi connectivity index (χ3n) is 3.45. The second kappa shape index (κ2) is 10.0. The Morgan fingerprint density at radius 3 is 2.68 bits per heavy atom. The molecule has 28 heavy (non-hydrogen) atoms. The minimum absolute atomic E-state index is 0.150. The molecule has 1 heterocycles. The van der Waals surface area contributed by atoms with Crippen LogP contribution in [0.2, 0.25) is 0 Å². The third-order valence-corrected chi connectivity index (χ3v) is 4.05. The van der Waals surface area contributed by atoms with Crippen molar-refractivity contribution in [2.45, 2.75) is 38.1 Å². The number of carbonyl (C=O) groups is 1. The van der Waals surface area contributed by atoms with Gasteiger partial charge in [-0.15, -0.1) is 11.3 Å². The van der Waals surface area contributed by atoms with Crippen LogP contribution in [0.15, 0.2) is 59.9 Å². The Kier molecular flexibility index (Phi) is 3.64. The van der Waals surface area contributed by atoms with Crippen molar-refractivity contribution in [3.63, 3.8) is 0 Å². The minimum Gasteiger partial charge on any atom is -0.388 e. The number of aliphatic hydroxyl groups is 1. The Bertz CT molecular complexity index is 1350.